The van der Waals surface area contributed by atoms with Crippen LogP contribution in [0.5, 0.6) is 0 Å². The predicted octanol–water partition coefficient (Wildman–Crippen LogP) is 7.65. The van der Waals surface area contributed by atoms with Gasteiger partial charge in [0, 0.05) is 41.8 Å². The van der Waals surface area contributed by atoms with Crippen molar-refractivity contribution in [2.24, 2.45) is 5.92 Å². The largest absolute Gasteiger partial charge is 0.453 e. The van der Waals surface area contributed by atoms with Crippen molar-refractivity contribution >= 4 is 23.6 Å². The second-order valence-corrected chi connectivity index (χ2v) is 13.2. The van der Waals surface area contributed by atoms with E-state index in [9.17, 15) is 14.7 Å². The van der Waals surface area contributed by atoms with Crippen LogP contribution in [0.4, 0.5) is 0 Å². The van der Waals surface area contributed by atoms with Gasteiger partial charge in [-0.1, -0.05) is 128 Å². The Morgan fingerprint density at radius 3 is 2.12 bits per heavy atom. The number of carbonyl (C=O) groups excluding carboxylic acids is 2. The fourth-order valence-corrected chi connectivity index (χ4v) is 6.82. The first kappa shape index (κ1) is 35.1. The highest BCUT2D eigenvalue weighted by atomic mass is 32.2. The summed E-state index contributed by atoms with van der Waals surface area (Å²) < 4.78 is 24.6. The van der Waals surface area contributed by atoms with Crippen molar-refractivity contribution in [1.82, 2.24) is 10.3 Å². The molecule has 0 saturated carbocycles. The van der Waals surface area contributed by atoms with Gasteiger partial charge < -0.3 is 29.1 Å². The van der Waals surface area contributed by atoms with Crippen LogP contribution in [-0.2, 0) is 37.0 Å². The molecule has 1 fully saturated rings. The average molecular weight is 693 g/mol. The number of oxazole rings is 1. The van der Waals surface area contributed by atoms with Crippen LogP contribution in [-0.4, -0.2) is 39.9 Å². The Labute approximate surface area is 296 Å². The Bertz CT molecular complexity index is 1810. The molecule has 1 aliphatic heterocycles. The number of amides is 1. The second-order valence-electron chi connectivity index (χ2n) is 12.2. The topological polar surface area (TPSA) is 120 Å². The van der Waals surface area contributed by atoms with E-state index in [1.165, 1.54) is 25.6 Å². The third-order valence-electron chi connectivity index (χ3n) is 8.62. The maximum Gasteiger partial charge on any atom is 0.303 e. The fraction of sp³-hybridized carbons (Fsp3) is 0.275. The van der Waals surface area contributed by atoms with Crippen molar-refractivity contribution < 1.29 is 33.3 Å². The zero-order valence-electron chi connectivity index (χ0n) is 28.2. The molecule has 2 N–H and O–H groups in total. The summed E-state index contributed by atoms with van der Waals surface area (Å²) in [5, 5.41) is 13.0. The van der Waals surface area contributed by atoms with E-state index in [0.717, 1.165) is 44.8 Å². The Morgan fingerprint density at radius 2 is 1.48 bits per heavy atom. The number of aromatic nitrogens is 1. The standard InChI is InChI=1S/C40H40N2O7S/c1-25-34(24-50-40-42-35(30-10-6-4-7-11-30)37(49-40)31-12-8-5-9-13-31)47-39(48-36(25)32-18-16-29(23-43)17-19-32)33-20-14-28(15-21-33)22-41-38(45)26(2)46-27(3)44/h4-21,25-26,34,36,39,43H,22-24H2,1-3H3,(H,41,45)/t25-,26+,34+,36+,39+/m1/s1. The maximum absolute atomic E-state index is 12.3. The van der Waals surface area contributed by atoms with Crippen molar-refractivity contribution in [3.05, 3.63) is 131 Å². The highest BCUT2D eigenvalue weighted by Crippen LogP contribution is 2.44. The predicted molar refractivity (Wildman–Crippen MR) is 191 cm³/mol. The molecule has 50 heavy (non-hydrogen) atoms. The molecule has 5 aromatic rings. The van der Waals surface area contributed by atoms with E-state index in [2.05, 4.69) is 12.2 Å². The molecule has 10 heteroatoms. The quantitative estimate of drug-likeness (QED) is 0.100. The molecule has 0 bridgehead atoms. The van der Waals surface area contributed by atoms with E-state index in [4.69, 9.17) is 23.6 Å². The molecule has 0 spiro atoms. The van der Waals surface area contributed by atoms with E-state index >= 15 is 0 Å². The van der Waals surface area contributed by atoms with Gasteiger partial charge in [-0.15, -0.1) is 0 Å². The maximum atomic E-state index is 12.3. The van der Waals surface area contributed by atoms with E-state index in [-0.39, 0.29) is 37.2 Å². The monoisotopic (exact) mass is 692 g/mol. The summed E-state index contributed by atoms with van der Waals surface area (Å²) in [5.41, 5.74) is 6.25. The first-order valence-corrected chi connectivity index (χ1v) is 17.6. The smallest absolute Gasteiger partial charge is 0.303 e. The Kier molecular flexibility index (Phi) is 11.5. The molecular weight excluding hydrogens is 653 g/mol. The highest BCUT2D eigenvalue weighted by Gasteiger charge is 2.38. The molecule has 9 nitrogen and oxygen atoms in total. The van der Waals surface area contributed by atoms with Crippen molar-refractivity contribution in [1.29, 1.82) is 0 Å². The summed E-state index contributed by atoms with van der Waals surface area (Å²) in [7, 11) is 0. The van der Waals surface area contributed by atoms with Crippen LogP contribution < -0.4 is 5.32 Å². The van der Waals surface area contributed by atoms with Crippen LogP contribution in [0.1, 0.15) is 55.4 Å². The molecule has 0 radical (unpaired) electrons. The lowest BCUT2D eigenvalue weighted by molar-refractivity contribution is -0.268. The highest BCUT2D eigenvalue weighted by molar-refractivity contribution is 7.99. The van der Waals surface area contributed by atoms with E-state index in [1.54, 1.807) is 0 Å². The zero-order valence-corrected chi connectivity index (χ0v) is 29.0. The number of hydrogen-bond acceptors (Lipinski definition) is 9. The molecule has 2 heterocycles. The number of nitrogens with zero attached hydrogens (tertiary/aromatic N) is 1. The van der Waals surface area contributed by atoms with Crippen LogP contribution in [0, 0.1) is 5.92 Å². The molecule has 1 aliphatic rings. The van der Waals surface area contributed by atoms with Gasteiger partial charge >= 0.3 is 5.97 Å². The lowest BCUT2D eigenvalue weighted by Gasteiger charge is -2.41. The number of nitrogens with one attached hydrogen (secondary N) is 1. The Balaban J connectivity index is 1.21. The van der Waals surface area contributed by atoms with Gasteiger partial charge in [-0.25, -0.2) is 4.98 Å². The van der Waals surface area contributed by atoms with Gasteiger partial charge in [0.05, 0.1) is 18.8 Å². The van der Waals surface area contributed by atoms with E-state index in [1.807, 2.05) is 109 Å². The van der Waals surface area contributed by atoms with Gasteiger partial charge in [-0.2, -0.15) is 0 Å². The molecule has 6 rings (SSSR count). The third-order valence-corrected chi connectivity index (χ3v) is 9.53. The summed E-state index contributed by atoms with van der Waals surface area (Å²) >= 11 is 1.51. The Hall–Kier alpha value is -4.74. The summed E-state index contributed by atoms with van der Waals surface area (Å²) in [6, 6.07) is 35.5. The van der Waals surface area contributed by atoms with Gasteiger partial charge in [-0.3, -0.25) is 9.59 Å². The lowest BCUT2D eigenvalue weighted by atomic mass is 9.91. The average Bonchev–Trinajstić information content (AvgIpc) is 3.58. The van der Waals surface area contributed by atoms with Gasteiger partial charge in [-0.05, 0) is 23.6 Å². The minimum Gasteiger partial charge on any atom is -0.453 e. The van der Waals surface area contributed by atoms with Crippen LogP contribution >= 0.6 is 11.8 Å². The number of carbonyl (C=O) groups is 2. The molecule has 5 atom stereocenters. The minimum atomic E-state index is -0.873. The SMILES string of the molecule is CC(=O)O[C@@H](C)C(=O)NCc1ccc([C@H]2O[C@@H](CSc3nc(-c4ccccc4)c(-c4ccccc4)o3)[C@@H](C)[C@@H](c3ccc(CO)cc3)O2)cc1. The molecule has 0 aliphatic carbocycles. The fourth-order valence-electron chi connectivity index (χ4n) is 5.83. The molecular formula is C40H40N2O7S. The summed E-state index contributed by atoms with van der Waals surface area (Å²) in [6.07, 6.45) is -2.04. The summed E-state index contributed by atoms with van der Waals surface area (Å²) in [5.74, 6) is 0.388. The van der Waals surface area contributed by atoms with Gasteiger partial charge in [0.15, 0.2) is 18.2 Å². The van der Waals surface area contributed by atoms with E-state index in [0.29, 0.717) is 11.0 Å². The molecule has 1 amide bonds. The van der Waals surface area contributed by atoms with Crippen LogP contribution in [0.2, 0.25) is 0 Å². The number of benzene rings is 4. The number of aliphatic hydroxyl groups excluding tert-OH is 1. The molecule has 1 aromatic heterocycles. The van der Waals surface area contributed by atoms with Gasteiger partial charge in [0.1, 0.15) is 5.69 Å². The minimum absolute atomic E-state index is 0.0235. The van der Waals surface area contributed by atoms with Crippen LogP contribution in [0.15, 0.2) is 119 Å². The zero-order chi connectivity index (χ0) is 35.0. The number of esters is 1. The Morgan fingerprint density at radius 1 is 0.860 bits per heavy atom. The van der Waals surface area contributed by atoms with Crippen LogP contribution in [0.25, 0.3) is 22.6 Å². The number of hydrogen-bond donors (Lipinski definition) is 2. The van der Waals surface area contributed by atoms with Gasteiger partial charge in [0.2, 0.25) is 0 Å². The number of rotatable bonds is 12. The van der Waals surface area contributed by atoms with Crippen molar-refractivity contribution in [3.63, 3.8) is 0 Å². The van der Waals surface area contributed by atoms with Crippen molar-refractivity contribution in [2.75, 3.05) is 5.75 Å². The van der Waals surface area contributed by atoms with Crippen molar-refractivity contribution in [2.45, 2.75) is 63.7 Å². The molecule has 0 unspecified atom stereocenters. The number of ether oxygens (including phenoxy) is 3. The summed E-state index contributed by atoms with van der Waals surface area (Å²) in [4.78, 5) is 28.4. The number of thioether (sulfide) groups is 1. The molecule has 4 aromatic carbocycles. The van der Waals surface area contributed by atoms with E-state index < -0.39 is 18.4 Å². The molecule has 1 saturated heterocycles. The summed E-state index contributed by atoms with van der Waals surface area (Å²) in [6.45, 7) is 5.17. The second kappa shape index (κ2) is 16.3. The normalized spacial score (nSPS) is 19.4. The van der Waals surface area contributed by atoms with Crippen LogP contribution in [0.3, 0.4) is 0 Å². The first-order chi connectivity index (χ1) is 24.3. The first-order valence-electron chi connectivity index (χ1n) is 16.6. The van der Waals surface area contributed by atoms with Gasteiger partial charge in [0.25, 0.3) is 11.1 Å². The lowest BCUT2D eigenvalue weighted by Crippen LogP contribution is -2.38. The van der Waals surface area contributed by atoms with Crippen molar-refractivity contribution in [3.8, 4) is 22.6 Å². The number of aliphatic hydroxyl groups is 1. The third kappa shape index (κ3) is 8.51. The molecule has 258 valence electrons.